The zero-order valence-electron chi connectivity index (χ0n) is 32.7. The summed E-state index contributed by atoms with van der Waals surface area (Å²) in [6.45, 7) is 5.42. The van der Waals surface area contributed by atoms with Gasteiger partial charge in [0, 0.05) is 16.7 Å². The summed E-state index contributed by atoms with van der Waals surface area (Å²) in [5.74, 6) is -0.523. The molecule has 2 fully saturated rings. The van der Waals surface area contributed by atoms with Gasteiger partial charge in [-0.3, -0.25) is 9.59 Å². The van der Waals surface area contributed by atoms with Crippen LogP contribution in [0.25, 0.3) is 0 Å². The summed E-state index contributed by atoms with van der Waals surface area (Å²) in [6.07, 6.45) is 24.7. The number of aliphatic hydroxyl groups is 2. The molecule has 2 unspecified atom stereocenters. The van der Waals surface area contributed by atoms with Crippen molar-refractivity contribution in [3.63, 3.8) is 0 Å². The number of aliphatic hydroxyl groups excluding tert-OH is 2. The molecule has 3 rings (SSSR count). The van der Waals surface area contributed by atoms with Gasteiger partial charge in [-0.05, 0) is 58.8 Å². The molecule has 2 saturated heterocycles. The molecule has 2 aliphatic heterocycles. The number of ketones is 2. The molecule has 0 saturated carbocycles. The summed E-state index contributed by atoms with van der Waals surface area (Å²) in [4.78, 5) is 25.1. The molecule has 8 heteroatoms. The summed E-state index contributed by atoms with van der Waals surface area (Å²) in [6, 6.07) is 0. The quantitative estimate of drug-likeness (QED) is 0.0613. The van der Waals surface area contributed by atoms with Gasteiger partial charge in [-0.25, -0.2) is 4.39 Å². The molecule has 0 amide bonds. The lowest BCUT2D eigenvalue weighted by atomic mass is 9.85. The van der Waals surface area contributed by atoms with E-state index in [-0.39, 0.29) is 52.9 Å². The number of carbonyl (C=O) groups is 2. The van der Waals surface area contributed by atoms with Gasteiger partial charge in [0.05, 0.1) is 43.7 Å². The Morgan fingerprint density at radius 2 is 1.08 bits per heavy atom. The minimum Gasteiger partial charge on any atom is -0.492 e. The highest BCUT2D eigenvalue weighted by molar-refractivity contribution is 6.24. The first kappa shape index (κ1) is 43.8. The average Bonchev–Trinajstić information content (AvgIpc) is 3.82. The van der Waals surface area contributed by atoms with E-state index >= 15 is 4.39 Å². The lowest BCUT2D eigenvalue weighted by Crippen LogP contribution is -2.32. The van der Waals surface area contributed by atoms with E-state index in [1.807, 2.05) is 0 Å². The van der Waals surface area contributed by atoms with E-state index in [4.69, 9.17) is 14.2 Å². The van der Waals surface area contributed by atoms with E-state index in [0.717, 1.165) is 83.5 Å². The van der Waals surface area contributed by atoms with Crippen LogP contribution in [0.4, 0.5) is 4.39 Å². The van der Waals surface area contributed by atoms with Crippen LogP contribution in [0.2, 0.25) is 0 Å². The fraction of sp³-hybridized carbons (Fsp3) is 0.860. The van der Waals surface area contributed by atoms with E-state index in [1.54, 1.807) is 13.8 Å². The van der Waals surface area contributed by atoms with Crippen molar-refractivity contribution in [2.24, 2.45) is 0 Å². The van der Waals surface area contributed by atoms with Crippen LogP contribution in [-0.2, 0) is 23.8 Å². The summed E-state index contributed by atoms with van der Waals surface area (Å²) in [7, 11) is 1.39. The fourth-order valence-corrected chi connectivity index (χ4v) is 8.33. The Balaban J connectivity index is 1.13. The van der Waals surface area contributed by atoms with Gasteiger partial charge in [0.25, 0.3) is 0 Å². The van der Waals surface area contributed by atoms with E-state index in [1.165, 1.54) is 77.7 Å². The number of allylic oxidation sites excluding steroid dienone is 2. The first-order valence-electron chi connectivity index (χ1n) is 21.1. The van der Waals surface area contributed by atoms with Crippen LogP contribution in [0.5, 0.6) is 0 Å². The second-order valence-electron chi connectivity index (χ2n) is 15.8. The Morgan fingerprint density at radius 3 is 1.61 bits per heavy atom. The Labute approximate surface area is 309 Å². The predicted molar refractivity (Wildman–Crippen MR) is 202 cm³/mol. The number of rotatable bonds is 28. The normalized spacial score (nSPS) is 24.5. The van der Waals surface area contributed by atoms with Crippen LogP contribution in [-0.4, -0.2) is 71.7 Å². The van der Waals surface area contributed by atoms with Gasteiger partial charge in [-0.15, -0.1) is 0 Å². The molecule has 0 aromatic carbocycles. The summed E-state index contributed by atoms with van der Waals surface area (Å²) < 4.78 is 32.6. The zero-order chi connectivity index (χ0) is 37.0. The molecular formula is C43H73FO7. The maximum Gasteiger partial charge on any atom is 0.224 e. The van der Waals surface area contributed by atoms with E-state index in [9.17, 15) is 19.8 Å². The molecule has 0 spiro atoms. The molecule has 7 nitrogen and oxygen atoms in total. The zero-order valence-corrected chi connectivity index (χ0v) is 32.7. The number of ether oxygens (including phenoxy) is 3. The lowest BCUT2D eigenvalue weighted by Gasteiger charge is -2.23. The molecule has 7 atom stereocenters. The van der Waals surface area contributed by atoms with Crippen LogP contribution in [0.1, 0.15) is 188 Å². The van der Waals surface area contributed by atoms with Crippen molar-refractivity contribution >= 4 is 11.6 Å². The van der Waals surface area contributed by atoms with Gasteiger partial charge < -0.3 is 24.4 Å². The molecule has 2 N–H and O–H groups in total. The van der Waals surface area contributed by atoms with Crippen LogP contribution in [0.3, 0.4) is 0 Å². The van der Waals surface area contributed by atoms with Crippen molar-refractivity contribution in [2.45, 2.75) is 231 Å². The third-order valence-electron chi connectivity index (χ3n) is 11.6. The monoisotopic (exact) mass is 720 g/mol. The van der Waals surface area contributed by atoms with Gasteiger partial charge in [0.2, 0.25) is 5.78 Å². The number of alkyl halides is 1. The van der Waals surface area contributed by atoms with E-state index < -0.39 is 18.4 Å². The third kappa shape index (κ3) is 14.6. The van der Waals surface area contributed by atoms with E-state index in [2.05, 4.69) is 6.92 Å². The van der Waals surface area contributed by atoms with Gasteiger partial charge in [-0.2, -0.15) is 0 Å². The molecule has 0 aromatic heterocycles. The second-order valence-corrected chi connectivity index (χ2v) is 15.8. The Kier molecular flexibility index (Phi) is 21.2. The highest BCUT2D eigenvalue weighted by Gasteiger charge is 2.41. The van der Waals surface area contributed by atoms with Crippen molar-refractivity contribution < 1.29 is 38.4 Å². The average molecular weight is 720 g/mol. The van der Waals surface area contributed by atoms with Crippen LogP contribution >= 0.6 is 0 Å². The van der Waals surface area contributed by atoms with Gasteiger partial charge in [0.1, 0.15) is 6.17 Å². The number of carbonyl (C=O) groups excluding carboxylic acids is 2. The molecule has 0 aromatic rings. The molecule has 2 heterocycles. The Bertz CT molecular complexity index is 1090. The Morgan fingerprint density at radius 1 is 0.627 bits per heavy atom. The van der Waals surface area contributed by atoms with Gasteiger partial charge >= 0.3 is 0 Å². The molecule has 294 valence electrons. The minimum atomic E-state index is -0.917. The first-order chi connectivity index (χ1) is 24.7. The van der Waals surface area contributed by atoms with Crippen molar-refractivity contribution in [1.29, 1.82) is 0 Å². The summed E-state index contributed by atoms with van der Waals surface area (Å²) >= 11 is 0. The summed E-state index contributed by atoms with van der Waals surface area (Å²) in [5.41, 5.74) is 0.789. The fourth-order valence-electron chi connectivity index (χ4n) is 8.33. The SMILES string of the molecule is CCCCCCCCCC[C@H](O)[C@H]1CC[C@H]([C@H]2CC[C@H](C([18F])CCCCCCCCCCCCCC(O)C3=C(C)C(=O)C(OC)=C(C)C3=O)O2)O1. The molecule has 0 bridgehead atoms. The van der Waals surface area contributed by atoms with Crippen LogP contribution in [0.15, 0.2) is 22.5 Å². The highest BCUT2D eigenvalue weighted by atomic mass is 18.2. The molecule has 0 radical (unpaired) electrons. The lowest BCUT2D eigenvalue weighted by molar-refractivity contribution is -0.119. The smallest absolute Gasteiger partial charge is 0.224 e. The summed E-state index contributed by atoms with van der Waals surface area (Å²) in [5, 5.41) is 21.3. The maximum absolute atomic E-state index is 15.0. The number of hydrogen-bond donors (Lipinski definition) is 2. The van der Waals surface area contributed by atoms with Gasteiger partial charge in [0.15, 0.2) is 11.5 Å². The Hall–Kier alpha value is -1.61. The second kappa shape index (κ2) is 24.7. The maximum atomic E-state index is 15.0. The molecule has 3 aliphatic rings. The largest absolute Gasteiger partial charge is 0.492 e. The topological polar surface area (TPSA) is 102 Å². The number of halogens is 1. The van der Waals surface area contributed by atoms with Crippen molar-refractivity contribution in [3.8, 4) is 0 Å². The van der Waals surface area contributed by atoms with E-state index in [0.29, 0.717) is 18.4 Å². The number of Topliss-reactive ketones (excluding diaryl/α,β-unsaturated/α-hetero) is 2. The number of unbranched alkanes of at least 4 members (excludes halogenated alkanes) is 17. The highest BCUT2D eigenvalue weighted by Crippen LogP contribution is 2.35. The minimum absolute atomic E-state index is 0.00511. The number of methoxy groups -OCH3 is 1. The molecule has 51 heavy (non-hydrogen) atoms. The standard InChI is InChI=1S/C43H73FO7/c1-5-6-7-8-9-16-19-22-25-34(45)37-28-30-39(51-37)38-29-27-36(50-38)33(44)24-21-18-15-13-11-10-12-14-17-20-23-26-35(46)40-31(2)42(48)43(49-4)32(3)41(40)47/h33-39,45-46H,5-30H2,1-4H3/t33?,34-,35?,36+,37+,38+,39+/m0/s1/i44-1. The molecule has 1 aliphatic carbocycles. The first-order valence-corrected chi connectivity index (χ1v) is 21.1. The van der Waals surface area contributed by atoms with Crippen molar-refractivity contribution in [3.05, 3.63) is 22.5 Å². The number of hydrogen-bond acceptors (Lipinski definition) is 7. The van der Waals surface area contributed by atoms with Crippen molar-refractivity contribution in [1.82, 2.24) is 0 Å². The molecular weight excluding hydrogens is 646 g/mol. The van der Waals surface area contributed by atoms with Gasteiger partial charge in [-0.1, -0.05) is 129 Å². The predicted octanol–water partition coefficient (Wildman–Crippen LogP) is 10.1. The van der Waals surface area contributed by atoms with Crippen LogP contribution < -0.4 is 0 Å². The third-order valence-corrected chi connectivity index (χ3v) is 11.6. The van der Waals surface area contributed by atoms with Crippen molar-refractivity contribution in [2.75, 3.05) is 7.11 Å². The van der Waals surface area contributed by atoms with Crippen LogP contribution in [0, 0.1) is 0 Å².